The summed E-state index contributed by atoms with van der Waals surface area (Å²) in [5, 5.41) is 4.14. The molecule has 24 heavy (non-hydrogen) atoms. The van der Waals surface area contributed by atoms with Crippen LogP contribution in [0.25, 0.3) is 0 Å². The van der Waals surface area contributed by atoms with E-state index in [1.54, 1.807) is 26.8 Å². The van der Waals surface area contributed by atoms with Gasteiger partial charge in [-0.25, -0.2) is 18.5 Å². The lowest BCUT2D eigenvalue weighted by molar-refractivity contribution is -0.151. The van der Waals surface area contributed by atoms with E-state index in [0.717, 1.165) is 18.2 Å². The van der Waals surface area contributed by atoms with Crippen LogP contribution in [0.5, 0.6) is 0 Å². The van der Waals surface area contributed by atoms with Crippen LogP contribution in [0.1, 0.15) is 32.4 Å². The Hall–Kier alpha value is -2.57. The van der Waals surface area contributed by atoms with E-state index in [0.29, 0.717) is 11.5 Å². The van der Waals surface area contributed by atoms with E-state index in [-0.39, 0.29) is 11.7 Å². The second kappa shape index (κ2) is 6.14. The molecule has 2 heterocycles. The zero-order chi connectivity index (χ0) is 17.4. The summed E-state index contributed by atoms with van der Waals surface area (Å²) < 4.78 is 34.8. The molecule has 126 valence electrons. The Balaban J connectivity index is 2.15. The number of ether oxygens (including phenoxy) is 1. The van der Waals surface area contributed by atoms with Crippen LogP contribution in [0.4, 0.5) is 14.6 Å². The standard InChI is InChI=1S/C17H17F2N3O2/c1-9(2)24-17(23)15-10(3)21-14-6-7-20-22(14)16(15)12-8-11(18)4-5-13(12)19/h4-9,15-16H,1-3H3. The first kappa shape index (κ1) is 16.3. The molecular formula is C17H17F2N3O2. The van der Waals surface area contributed by atoms with Gasteiger partial charge in [0.05, 0.1) is 12.3 Å². The predicted molar refractivity (Wildman–Crippen MR) is 84.2 cm³/mol. The second-order valence-electron chi connectivity index (χ2n) is 5.96. The van der Waals surface area contributed by atoms with Crippen molar-refractivity contribution < 1.29 is 18.3 Å². The van der Waals surface area contributed by atoms with Gasteiger partial charge in [0.2, 0.25) is 0 Å². The number of esters is 1. The molecule has 5 nitrogen and oxygen atoms in total. The highest BCUT2D eigenvalue weighted by atomic mass is 19.1. The van der Waals surface area contributed by atoms with Crippen molar-refractivity contribution in [2.45, 2.75) is 32.9 Å². The molecule has 7 heteroatoms. The van der Waals surface area contributed by atoms with Crippen molar-refractivity contribution >= 4 is 17.5 Å². The van der Waals surface area contributed by atoms with Gasteiger partial charge >= 0.3 is 5.97 Å². The lowest BCUT2D eigenvalue weighted by Crippen LogP contribution is -2.38. The lowest BCUT2D eigenvalue weighted by atomic mass is 9.88. The summed E-state index contributed by atoms with van der Waals surface area (Å²) >= 11 is 0. The van der Waals surface area contributed by atoms with Gasteiger partial charge in [-0.15, -0.1) is 0 Å². The number of benzene rings is 1. The molecule has 0 bridgehead atoms. The van der Waals surface area contributed by atoms with E-state index in [1.807, 2.05) is 0 Å². The number of fused-ring (bicyclic) bond motifs is 1. The van der Waals surface area contributed by atoms with Gasteiger partial charge in [0.1, 0.15) is 23.6 Å². The number of hydrogen-bond acceptors (Lipinski definition) is 4. The summed E-state index contributed by atoms with van der Waals surface area (Å²) in [6, 6.07) is 3.96. The minimum absolute atomic E-state index is 0.0416. The largest absolute Gasteiger partial charge is 0.462 e. The third-order valence-electron chi connectivity index (χ3n) is 3.85. The van der Waals surface area contributed by atoms with Crippen molar-refractivity contribution in [1.82, 2.24) is 9.78 Å². The molecule has 0 N–H and O–H groups in total. The number of hydrogen-bond donors (Lipinski definition) is 0. The Morgan fingerprint density at radius 1 is 1.29 bits per heavy atom. The van der Waals surface area contributed by atoms with Crippen molar-refractivity contribution in [2.75, 3.05) is 0 Å². The number of halogens is 2. The molecular weight excluding hydrogens is 316 g/mol. The number of carbonyl (C=O) groups excluding carboxylic acids is 1. The first-order valence-corrected chi connectivity index (χ1v) is 7.62. The Labute approximate surface area is 138 Å². The molecule has 3 rings (SSSR count). The van der Waals surface area contributed by atoms with Crippen LogP contribution >= 0.6 is 0 Å². The van der Waals surface area contributed by atoms with Gasteiger partial charge in [-0.2, -0.15) is 5.10 Å². The predicted octanol–water partition coefficient (Wildman–Crippen LogP) is 3.42. The van der Waals surface area contributed by atoms with E-state index in [4.69, 9.17) is 4.74 Å². The summed E-state index contributed by atoms with van der Waals surface area (Å²) in [5.74, 6) is -2.14. The number of aromatic nitrogens is 2. The highest BCUT2D eigenvalue weighted by Gasteiger charge is 2.40. The zero-order valence-electron chi connectivity index (χ0n) is 13.5. The summed E-state index contributed by atoms with van der Waals surface area (Å²) in [4.78, 5) is 16.9. The molecule has 0 amide bonds. The van der Waals surface area contributed by atoms with Crippen LogP contribution in [0.2, 0.25) is 0 Å². The molecule has 2 atom stereocenters. The van der Waals surface area contributed by atoms with Crippen LogP contribution in [0.3, 0.4) is 0 Å². The van der Waals surface area contributed by atoms with E-state index >= 15 is 0 Å². The van der Waals surface area contributed by atoms with Crippen LogP contribution in [-0.4, -0.2) is 27.6 Å². The molecule has 0 saturated carbocycles. The first-order valence-electron chi connectivity index (χ1n) is 7.62. The number of aliphatic imine (C=N–C) groups is 1. The zero-order valence-corrected chi connectivity index (χ0v) is 13.5. The van der Waals surface area contributed by atoms with Crippen molar-refractivity contribution in [3.05, 3.63) is 47.7 Å². The van der Waals surface area contributed by atoms with Crippen LogP contribution in [0, 0.1) is 17.6 Å². The molecule has 1 aromatic heterocycles. The number of carbonyl (C=O) groups is 1. The highest BCUT2D eigenvalue weighted by Crippen LogP contribution is 2.37. The monoisotopic (exact) mass is 333 g/mol. The Bertz CT molecular complexity index is 814. The molecule has 0 saturated heterocycles. The van der Waals surface area contributed by atoms with Gasteiger partial charge in [-0.3, -0.25) is 4.79 Å². The van der Waals surface area contributed by atoms with E-state index in [1.165, 1.54) is 10.9 Å². The minimum atomic E-state index is -0.879. The van der Waals surface area contributed by atoms with Gasteiger partial charge in [0.25, 0.3) is 0 Å². The quantitative estimate of drug-likeness (QED) is 0.809. The number of rotatable bonds is 3. The summed E-state index contributed by atoms with van der Waals surface area (Å²) in [6.07, 6.45) is 1.18. The maximum atomic E-state index is 14.4. The summed E-state index contributed by atoms with van der Waals surface area (Å²) in [7, 11) is 0. The van der Waals surface area contributed by atoms with Crippen molar-refractivity contribution in [1.29, 1.82) is 0 Å². The van der Waals surface area contributed by atoms with Crippen LogP contribution < -0.4 is 0 Å². The molecule has 0 aliphatic carbocycles. The molecule has 0 fully saturated rings. The average Bonchev–Trinajstić information content (AvgIpc) is 2.95. The van der Waals surface area contributed by atoms with E-state index < -0.39 is 29.6 Å². The van der Waals surface area contributed by atoms with Gasteiger partial charge in [-0.05, 0) is 39.0 Å². The topological polar surface area (TPSA) is 56.5 Å². The fourth-order valence-electron chi connectivity index (χ4n) is 2.89. The second-order valence-corrected chi connectivity index (χ2v) is 5.96. The van der Waals surface area contributed by atoms with Crippen molar-refractivity contribution in [2.24, 2.45) is 10.9 Å². The highest BCUT2D eigenvalue weighted by molar-refractivity contribution is 6.03. The van der Waals surface area contributed by atoms with Gasteiger partial charge in [-0.1, -0.05) is 0 Å². The van der Waals surface area contributed by atoms with Gasteiger partial charge in [0.15, 0.2) is 5.82 Å². The summed E-state index contributed by atoms with van der Waals surface area (Å²) in [5.41, 5.74) is 0.516. The third kappa shape index (κ3) is 2.81. The summed E-state index contributed by atoms with van der Waals surface area (Å²) in [6.45, 7) is 5.13. The maximum absolute atomic E-state index is 14.4. The molecule has 1 aromatic carbocycles. The van der Waals surface area contributed by atoms with Gasteiger partial charge < -0.3 is 4.74 Å². The lowest BCUT2D eigenvalue weighted by Gasteiger charge is -2.31. The fraction of sp³-hybridized carbons (Fsp3) is 0.353. The molecule has 0 spiro atoms. The van der Waals surface area contributed by atoms with E-state index in [2.05, 4.69) is 10.1 Å². The SMILES string of the molecule is CC1=Nc2ccnn2C(c2cc(F)ccc2F)C1C(=O)OC(C)C. The van der Waals surface area contributed by atoms with Gasteiger partial charge in [0, 0.05) is 17.3 Å². The van der Waals surface area contributed by atoms with E-state index in [9.17, 15) is 13.6 Å². The molecule has 2 unspecified atom stereocenters. The Kier molecular flexibility index (Phi) is 4.17. The molecule has 0 radical (unpaired) electrons. The first-order chi connectivity index (χ1) is 11.4. The normalized spacial score (nSPS) is 19.8. The van der Waals surface area contributed by atoms with Crippen molar-refractivity contribution in [3.8, 4) is 0 Å². The third-order valence-corrected chi connectivity index (χ3v) is 3.85. The smallest absolute Gasteiger partial charge is 0.317 e. The molecule has 1 aliphatic rings. The molecule has 2 aromatic rings. The van der Waals surface area contributed by atoms with Crippen LogP contribution in [-0.2, 0) is 9.53 Å². The fourth-order valence-corrected chi connectivity index (χ4v) is 2.89. The average molecular weight is 333 g/mol. The molecule has 1 aliphatic heterocycles. The maximum Gasteiger partial charge on any atom is 0.317 e. The van der Waals surface area contributed by atoms with Crippen LogP contribution in [0.15, 0.2) is 35.5 Å². The Morgan fingerprint density at radius 3 is 2.75 bits per heavy atom. The number of nitrogens with zero attached hydrogens (tertiary/aromatic N) is 3. The minimum Gasteiger partial charge on any atom is -0.462 e. The van der Waals surface area contributed by atoms with Crippen molar-refractivity contribution in [3.63, 3.8) is 0 Å². The Morgan fingerprint density at radius 2 is 2.04 bits per heavy atom.